The van der Waals surface area contributed by atoms with Gasteiger partial charge in [0, 0.05) is 37.8 Å². The molecule has 1 N–H and O–H groups in total. The molecule has 2 aliphatic rings. The van der Waals surface area contributed by atoms with Gasteiger partial charge >= 0.3 is 0 Å². The second-order valence-corrected chi connectivity index (χ2v) is 7.31. The number of hydrogen-bond acceptors (Lipinski definition) is 5. The van der Waals surface area contributed by atoms with Crippen LogP contribution in [-0.2, 0) is 17.9 Å². The van der Waals surface area contributed by atoms with E-state index < -0.39 is 0 Å². The Hall–Kier alpha value is -2.02. The number of aryl methyl sites for hydroxylation is 1. The molecule has 4 rings (SSSR count). The lowest BCUT2D eigenvalue weighted by atomic mass is 9.97. The van der Waals surface area contributed by atoms with Crippen LogP contribution in [0.25, 0.3) is 0 Å². The van der Waals surface area contributed by atoms with Crippen molar-refractivity contribution in [3.05, 3.63) is 36.3 Å². The SMILES string of the molecule is O=C(NCc1cn2c(n1)SCC2)[C@H]1CCCN(c2ccccn2)C1. The number of thioether (sulfide) groups is 1. The van der Waals surface area contributed by atoms with Crippen molar-refractivity contribution in [2.24, 2.45) is 5.92 Å². The zero-order valence-corrected chi connectivity index (χ0v) is 14.3. The van der Waals surface area contributed by atoms with Gasteiger partial charge in [-0.15, -0.1) is 0 Å². The summed E-state index contributed by atoms with van der Waals surface area (Å²) in [6.45, 7) is 3.23. The molecule has 0 saturated carbocycles. The van der Waals surface area contributed by atoms with Crippen LogP contribution in [0, 0.1) is 5.92 Å². The molecule has 0 unspecified atom stereocenters. The molecule has 4 heterocycles. The maximum atomic E-state index is 12.5. The molecule has 24 heavy (non-hydrogen) atoms. The summed E-state index contributed by atoms with van der Waals surface area (Å²) in [6, 6.07) is 5.91. The summed E-state index contributed by atoms with van der Waals surface area (Å²) in [5.41, 5.74) is 0.947. The Balaban J connectivity index is 1.33. The lowest BCUT2D eigenvalue weighted by molar-refractivity contribution is -0.125. The second-order valence-electron chi connectivity index (χ2n) is 6.25. The zero-order chi connectivity index (χ0) is 16.4. The Labute approximate surface area is 145 Å². The third-order valence-electron chi connectivity index (χ3n) is 4.56. The van der Waals surface area contributed by atoms with Crippen LogP contribution in [0.3, 0.4) is 0 Å². The van der Waals surface area contributed by atoms with Gasteiger partial charge in [0.05, 0.1) is 18.2 Å². The van der Waals surface area contributed by atoms with Crippen molar-refractivity contribution < 1.29 is 4.79 Å². The lowest BCUT2D eigenvalue weighted by Crippen LogP contribution is -2.43. The van der Waals surface area contributed by atoms with Crippen molar-refractivity contribution in [3.8, 4) is 0 Å². The molecule has 0 radical (unpaired) electrons. The predicted molar refractivity (Wildman–Crippen MR) is 94.0 cm³/mol. The number of anilines is 1. The highest BCUT2D eigenvalue weighted by atomic mass is 32.2. The average Bonchev–Trinajstić information content (AvgIpc) is 3.22. The number of pyridine rings is 1. The number of aromatic nitrogens is 3. The highest BCUT2D eigenvalue weighted by molar-refractivity contribution is 7.99. The van der Waals surface area contributed by atoms with E-state index in [2.05, 4.69) is 30.9 Å². The normalized spacial score (nSPS) is 20.0. The molecule has 1 saturated heterocycles. The van der Waals surface area contributed by atoms with Crippen molar-refractivity contribution in [1.82, 2.24) is 19.9 Å². The fraction of sp³-hybridized carbons (Fsp3) is 0.471. The molecule has 2 aromatic rings. The van der Waals surface area contributed by atoms with Crippen molar-refractivity contribution in [1.29, 1.82) is 0 Å². The van der Waals surface area contributed by atoms with Crippen LogP contribution < -0.4 is 10.2 Å². The molecular weight excluding hydrogens is 322 g/mol. The van der Waals surface area contributed by atoms with Crippen molar-refractivity contribution in [2.75, 3.05) is 23.7 Å². The first kappa shape index (κ1) is 15.5. The van der Waals surface area contributed by atoms with Crippen LogP contribution in [0.2, 0.25) is 0 Å². The minimum absolute atomic E-state index is 0.0181. The van der Waals surface area contributed by atoms with E-state index in [4.69, 9.17) is 0 Å². The van der Waals surface area contributed by atoms with Gasteiger partial charge in [0.2, 0.25) is 5.91 Å². The van der Waals surface area contributed by atoms with E-state index in [1.165, 1.54) is 0 Å². The molecule has 0 aromatic carbocycles. The molecule has 1 atom stereocenters. The number of nitrogens with one attached hydrogen (secondary N) is 1. The highest BCUT2D eigenvalue weighted by Gasteiger charge is 2.26. The second kappa shape index (κ2) is 6.84. The molecule has 7 heteroatoms. The molecule has 0 aliphatic carbocycles. The first-order valence-electron chi connectivity index (χ1n) is 8.42. The summed E-state index contributed by atoms with van der Waals surface area (Å²) in [5.74, 6) is 2.19. The van der Waals surface area contributed by atoms with Crippen LogP contribution in [-0.4, -0.2) is 39.3 Å². The summed E-state index contributed by atoms with van der Waals surface area (Å²) in [4.78, 5) is 23.7. The Bertz CT molecular complexity index is 696. The maximum absolute atomic E-state index is 12.5. The van der Waals surface area contributed by atoms with Crippen LogP contribution in [0.15, 0.2) is 35.7 Å². The third kappa shape index (κ3) is 3.26. The zero-order valence-electron chi connectivity index (χ0n) is 13.5. The molecule has 2 aromatic heterocycles. The number of rotatable bonds is 4. The molecule has 0 bridgehead atoms. The van der Waals surface area contributed by atoms with Gasteiger partial charge in [0.25, 0.3) is 0 Å². The summed E-state index contributed by atoms with van der Waals surface area (Å²) < 4.78 is 2.16. The molecule has 1 amide bonds. The van der Waals surface area contributed by atoms with E-state index in [1.807, 2.05) is 18.2 Å². The van der Waals surface area contributed by atoms with E-state index in [1.54, 1.807) is 18.0 Å². The molecule has 2 aliphatic heterocycles. The summed E-state index contributed by atoms with van der Waals surface area (Å²) in [7, 11) is 0. The summed E-state index contributed by atoms with van der Waals surface area (Å²) in [5, 5.41) is 4.13. The largest absolute Gasteiger partial charge is 0.356 e. The van der Waals surface area contributed by atoms with Gasteiger partial charge in [0.1, 0.15) is 5.82 Å². The van der Waals surface area contributed by atoms with Crippen molar-refractivity contribution in [3.63, 3.8) is 0 Å². The van der Waals surface area contributed by atoms with E-state index in [0.717, 1.165) is 54.9 Å². The maximum Gasteiger partial charge on any atom is 0.225 e. The quantitative estimate of drug-likeness (QED) is 0.919. The van der Waals surface area contributed by atoms with Gasteiger partial charge in [-0.25, -0.2) is 9.97 Å². The summed E-state index contributed by atoms with van der Waals surface area (Å²) in [6.07, 6.45) is 5.81. The van der Waals surface area contributed by atoms with Crippen LogP contribution in [0.1, 0.15) is 18.5 Å². The fourth-order valence-corrected chi connectivity index (χ4v) is 4.27. The van der Waals surface area contributed by atoms with E-state index in [0.29, 0.717) is 6.54 Å². The fourth-order valence-electron chi connectivity index (χ4n) is 3.31. The van der Waals surface area contributed by atoms with Gasteiger partial charge in [-0.3, -0.25) is 4.79 Å². The van der Waals surface area contributed by atoms with Gasteiger partial charge in [-0.1, -0.05) is 17.8 Å². The number of amides is 1. The number of carbonyl (C=O) groups is 1. The van der Waals surface area contributed by atoms with E-state index in [-0.39, 0.29) is 11.8 Å². The van der Waals surface area contributed by atoms with Gasteiger partial charge < -0.3 is 14.8 Å². The number of hydrogen-bond donors (Lipinski definition) is 1. The topological polar surface area (TPSA) is 63.1 Å². The third-order valence-corrected chi connectivity index (χ3v) is 5.53. The van der Waals surface area contributed by atoms with Gasteiger partial charge in [-0.2, -0.15) is 0 Å². The minimum atomic E-state index is 0.0181. The van der Waals surface area contributed by atoms with Gasteiger partial charge in [-0.05, 0) is 25.0 Å². The smallest absolute Gasteiger partial charge is 0.225 e. The Morgan fingerprint density at radius 3 is 3.17 bits per heavy atom. The van der Waals surface area contributed by atoms with Gasteiger partial charge in [0.15, 0.2) is 5.16 Å². The van der Waals surface area contributed by atoms with Crippen LogP contribution >= 0.6 is 11.8 Å². The van der Waals surface area contributed by atoms with E-state index >= 15 is 0 Å². The first-order chi connectivity index (χ1) is 11.8. The number of imidazole rings is 1. The molecule has 1 fully saturated rings. The molecule has 6 nitrogen and oxygen atoms in total. The number of piperidine rings is 1. The predicted octanol–water partition coefficient (Wildman–Crippen LogP) is 1.92. The lowest BCUT2D eigenvalue weighted by Gasteiger charge is -2.32. The number of nitrogens with zero attached hydrogens (tertiary/aromatic N) is 4. The molecule has 0 spiro atoms. The number of fused-ring (bicyclic) bond motifs is 1. The Morgan fingerprint density at radius 2 is 2.33 bits per heavy atom. The standard InChI is InChI=1S/C17H21N5OS/c23-16(19-10-14-12-22-8-9-24-17(22)20-14)13-4-3-7-21(11-13)15-5-1-2-6-18-15/h1-2,5-6,12-13H,3-4,7-11H2,(H,19,23)/t13-/m0/s1. The van der Waals surface area contributed by atoms with Crippen LogP contribution in [0.4, 0.5) is 5.82 Å². The Morgan fingerprint density at radius 1 is 1.38 bits per heavy atom. The molecule has 126 valence electrons. The average molecular weight is 343 g/mol. The Kier molecular flexibility index (Phi) is 4.42. The number of carbonyl (C=O) groups excluding carboxylic acids is 1. The first-order valence-corrected chi connectivity index (χ1v) is 9.41. The summed E-state index contributed by atoms with van der Waals surface area (Å²) >= 11 is 1.77. The monoisotopic (exact) mass is 343 g/mol. The van der Waals surface area contributed by atoms with Crippen molar-refractivity contribution >= 4 is 23.5 Å². The van der Waals surface area contributed by atoms with Crippen molar-refractivity contribution in [2.45, 2.75) is 31.1 Å². The van der Waals surface area contributed by atoms with E-state index in [9.17, 15) is 4.79 Å². The molecular formula is C17H21N5OS. The van der Waals surface area contributed by atoms with Crippen LogP contribution in [0.5, 0.6) is 0 Å². The minimum Gasteiger partial charge on any atom is -0.356 e. The highest BCUT2D eigenvalue weighted by Crippen LogP contribution is 2.25.